The molecule has 0 aromatic carbocycles. The molecule has 0 aliphatic carbocycles. The molecule has 2 atom stereocenters. The topological polar surface area (TPSA) is 47.5 Å². The van der Waals surface area contributed by atoms with E-state index in [1.165, 1.54) is 5.01 Å². The second-order valence-electron chi connectivity index (χ2n) is 6.15. The Morgan fingerprint density at radius 1 is 1.45 bits per heavy atom. The Balaban J connectivity index is 1.42. The van der Waals surface area contributed by atoms with Gasteiger partial charge in [0.2, 0.25) is 0 Å². The van der Waals surface area contributed by atoms with Crippen LogP contribution in [0.2, 0.25) is 0 Å². The molecule has 0 unspecified atom stereocenters. The van der Waals surface area contributed by atoms with Crippen LogP contribution in [0, 0.1) is 11.3 Å². The van der Waals surface area contributed by atoms with Gasteiger partial charge in [-0.2, -0.15) is 0 Å². The first-order valence-corrected chi connectivity index (χ1v) is 8.43. The highest BCUT2D eigenvalue weighted by atomic mass is 32.1. The predicted molar refractivity (Wildman–Crippen MR) is 83.9 cm³/mol. The number of nitrogens with zero attached hydrogens (tertiary/aromatic N) is 3. The van der Waals surface area contributed by atoms with Crippen LogP contribution in [-0.4, -0.2) is 47.8 Å². The van der Waals surface area contributed by atoms with Gasteiger partial charge in [0.1, 0.15) is 10.8 Å². The second-order valence-corrected chi connectivity index (χ2v) is 7.13. The summed E-state index contributed by atoms with van der Waals surface area (Å²) in [5.41, 5.74) is 0.104. The number of ether oxygens (including phenoxy) is 2. The summed E-state index contributed by atoms with van der Waals surface area (Å²) in [6, 6.07) is 3.86. The molecule has 116 valence electrons. The van der Waals surface area contributed by atoms with Crippen LogP contribution in [0.4, 0.5) is 0 Å². The van der Waals surface area contributed by atoms with Crippen molar-refractivity contribution >= 4 is 11.3 Å². The fourth-order valence-electron chi connectivity index (χ4n) is 3.45. The van der Waals surface area contributed by atoms with Crippen LogP contribution in [0.1, 0.15) is 5.01 Å². The summed E-state index contributed by atoms with van der Waals surface area (Å²) in [6.45, 7) is 5.32. The van der Waals surface area contributed by atoms with Gasteiger partial charge in [0.05, 0.1) is 32.6 Å². The van der Waals surface area contributed by atoms with Crippen molar-refractivity contribution in [2.75, 3.05) is 32.9 Å². The van der Waals surface area contributed by atoms with E-state index in [1.54, 1.807) is 23.7 Å². The van der Waals surface area contributed by atoms with Gasteiger partial charge >= 0.3 is 0 Å². The molecule has 4 rings (SSSR count). The molecule has 0 radical (unpaired) electrons. The van der Waals surface area contributed by atoms with E-state index in [0.717, 1.165) is 38.6 Å². The van der Waals surface area contributed by atoms with Gasteiger partial charge in [-0.25, -0.2) is 4.98 Å². The largest absolute Gasteiger partial charge is 0.491 e. The van der Waals surface area contributed by atoms with Crippen LogP contribution in [-0.2, 0) is 11.3 Å². The van der Waals surface area contributed by atoms with Crippen molar-refractivity contribution in [3.05, 3.63) is 41.1 Å². The second kappa shape index (κ2) is 5.95. The van der Waals surface area contributed by atoms with E-state index in [2.05, 4.69) is 14.9 Å². The van der Waals surface area contributed by atoms with Crippen LogP contribution in [0.15, 0.2) is 36.1 Å². The Labute approximate surface area is 133 Å². The van der Waals surface area contributed by atoms with Gasteiger partial charge in [0, 0.05) is 42.2 Å². The average Bonchev–Trinajstić information content (AvgIpc) is 3.23. The van der Waals surface area contributed by atoms with Crippen molar-refractivity contribution in [1.29, 1.82) is 0 Å². The van der Waals surface area contributed by atoms with Gasteiger partial charge in [-0.15, -0.1) is 11.3 Å². The summed E-state index contributed by atoms with van der Waals surface area (Å²) in [7, 11) is 0. The number of pyridine rings is 1. The maximum Gasteiger partial charge on any atom is 0.137 e. The first-order valence-electron chi connectivity index (χ1n) is 7.55. The molecule has 22 heavy (non-hydrogen) atoms. The quantitative estimate of drug-likeness (QED) is 0.845. The highest BCUT2D eigenvalue weighted by Gasteiger charge is 2.51. The van der Waals surface area contributed by atoms with Gasteiger partial charge in [0.25, 0.3) is 0 Å². The zero-order valence-corrected chi connectivity index (χ0v) is 13.2. The SMILES string of the molecule is c1cncc(OC[C@]23COC[C@H]2CN(Cc2nccs2)C3)c1. The summed E-state index contributed by atoms with van der Waals surface area (Å²) in [5.74, 6) is 1.38. The lowest BCUT2D eigenvalue weighted by Crippen LogP contribution is -2.36. The number of hydrogen-bond acceptors (Lipinski definition) is 6. The molecular weight excluding hydrogens is 298 g/mol. The molecule has 2 fully saturated rings. The van der Waals surface area contributed by atoms with Crippen molar-refractivity contribution in [3.63, 3.8) is 0 Å². The lowest BCUT2D eigenvalue weighted by atomic mass is 9.82. The van der Waals surface area contributed by atoms with E-state index in [1.807, 2.05) is 23.7 Å². The van der Waals surface area contributed by atoms with Crippen molar-refractivity contribution in [3.8, 4) is 5.75 Å². The fraction of sp³-hybridized carbons (Fsp3) is 0.500. The normalized spacial score (nSPS) is 27.9. The van der Waals surface area contributed by atoms with E-state index in [9.17, 15) is 0 Å². The molecule has 2 aromatic heterocycles. The van der Waals surface area contributed by atoms with Crippen LogP contribution in [0.5, 0.6) is 5.75 Å². The first kappa shape index (κ1) is 14.1. The lowest BCUT2D eigenvalue weighted by Gasteiger charge is -2.27. The Kier molecular flexibility index (Phi) is 3.82. The van der Waals surface area contributed by atoms with Crippen molar-refractivity contribution in [1.82, 2.24) is 14.9 Å². The highest BCUT2D eigenvalue weighted by molar-refractivity contribution is 7.09. The lowest BCUT2D eigenvalue weighted by molar-refractivity contribution is 0.0899. The minimum atomic E-state index is 0.104. The average molecular weight is 317 g/mol. The van der Waals surface area contributed by atoms with Gasteiger partial charge < -0.3 is 9.47 Å². The summed E-state index contributed by atoms with van der Waals surface area (Å²) >= 11 is 1.72. The van der Waals surface area contributed by atoms with Crippen LogP contribution in [0.25, 0.3) is 0 Å². The minimum Gasteiger partial charge on any atom is -0.491 e. The Hall–Kier alpha value is -1.50. The predicted octanol–water partition coefficient (Wildman–Crippen LogP) is 2.07. The summed E-state index contributed by atoms with van der Waals surface area (Å²) in [5, 5.41) is 3.22. The molecular formula is C16H19N3O2S. The van der Waals surface area contributed by atoms with E-state index in [4.69, 9.17) is 9.47 Å². The Bertz CT molecular complexity index is 607. The summed E-state index contributed by atoms with van der Waals surface area (Å²) in [4.78, 5) is 11.0. The molecule has 2 aliphatic rings. The maximum atomic E-state index is 6.00. The third-order valence-electron chi connectivity index (χ3n) is 4.59. The molecule has 0 bridgehead atoms. The molecule has 2 aromatic rings. The van der Waals surface area contributed by atoms with Crippen molar-refractivity contribution in [2.24, 2.45) is 11.3 Å². The van der Waals surface area contributed by atoms with Crippen molar-refractivity contribution in [2.45, 2.75) is 6.54 Å². The molecule has 2 saturated heterocycles. The molecule has 2 aliphatic heterocycles. The van der Waals surface area contributed by atoms with Crippen molar-refractivity contribution < 1.29 is 9.47 Å². The first-order chi connectivity index (χ1) is 10.8. The molecule has 0 N–H and O–H groups in total. The number of rotatable bonds is 5. The third kappa shape index (κ3) is 2.74. The van der Waals surface area contributed by atoms with E-state index in [0.29, 0.717) is 12.5 Å². The molecule has 0 spiro atoms. The number of aromatic nitrogens is 2. The molecule has 5 nitrogen and oxygen atoms in total. The monoisotopic (exact) mass is 317 g/mol. The Morgan fingerprint density at radius 3 is 3.27 bits per heavy atom. The summed E-state index contributed by atoms with van der Waals surface area (Å²) < 4.78 is 11.7. The van der Waals surface area contributed by atoms with E-state index >= 15 is 0 Å². The highest BCUT2D eigenvalue weighted by Crippen LogP contribution is 2.42. The summed E-state index contributed by atoms with van der Waals surface area (Å²) in [6.07, 6.45) is 5.41. The number of likely N-dealkylation sites (tertiary alicyclic amines) is 1. The van der Waals surface area contributed by atoms with Gasteiger partial charge in [-0.1, -0.05) is 0 Å². The zero-order chi connectivity index (χ0) is 14.8. The fourth-order valence-corrected chi connectivity index (χ4v) is 4.11. The molecule has 0 saturated carbocycles. The standard InChI is InChI=1S/C16H19N3O2S/c1-2-14(6-17-3-1)21-12-16-10-19(7-13(16)9-20-11-16)8-15-18-4-5-22-15/h1-6,13H,7-12H2/t13-,16+/m1/s1. The number of hydrogen-bond donors (Lipinski definition) is 0. The van der Waals surface area contributed by atoms with Gasteiger partial charge in [-0.3, -0.25) is 9.88 Å². The Morgan fingerprint density at radius 2 is 2.45 bits per heavy atom. The smallest absolute Gasteiger partial charge is 0.137 e. The number of thiazole rings is 1. The minimum absolute atomic E-state index is 0.104. The van der Waals surface area contributed by atoms with Gasteiger partial charge in [-0.05, 0) is 12.1 Å². The van der Waals surface area contributed by atoms with Crippen LogP contribution < -0.4 is 4.74 Å². The van der Waals surface area contributed by atoms with Crippen LogP contribution in [0.3, 0.4) is 0 Å². The van der Waals surface area contributed by atoms with Crippen LogP contribution >= 0.6 is 11.3 Å². The zero-order valence-electron chi connectivity index (χ0n) is 12.4. The third-order valence-corrected chi connectivity index (χ3v) is 5.36. The number of fused-ring (bicyclic) bond motifs is 1. The maximum absolute atomic E-state index is 6.00. The molecule has 6 heteroatoms. The van der Waals surface area contributed by atoms with E-state index < -0.39 is 0 Å². The molecule has 0 amide bonds. The van der Waals surface area contributed by atoms with E-state index in [-0.39, 0.29) is 5.41 Å². The molecule has 4 heterocycles. The van der Waals surface area contributed by atoms with Gasteiger partial charge in [0.15, 0.2) is 0 Å².